The smallest absolute Gasteiger partial charge is 0.0270 e. The van der Waals surface area contributed by atoms with Crippen LogP contribution < -0.4 is 0 Å². The van der Waals surface area contributed by atoms with Crippen LogP contribution in [0.25, 0.3) is 0 Å². The van der Waals surface area contributed by atoms with E-state index < -0.39 is 0 Å². The van der Waals surface area contributed by atoms with Gasteiger partial charge in [-0.1, -0.05) is 83.1 Å². The van der Waals surface area contributed by atoms with Gasteiger partial charge in [-0.05, 0) is 43.4 Å². The van der Waals surface area contributed by atoms with Crippen LogP contribution in [-0.4, -0.2) is 4.98 Å². The molecular weight excluding hydrogens is 290 g/mol. The topological polar surface area (TPSA) is 12.9 Å². The lowest BCUT2D eigenvalue weighted by Gasteiger charge is -2.04. The Balaban J connectivity index is 1.71. The van der Waals surface area contributed by atoms with Crippen molar-refractivity contribution in [3.63, 3.8) is 0 Å². The zero-order valence-corrected chi connectivity index (χ0v) is 15.9. The highest BCUT2D eigenvalue weighted by molar-refractivity contribution is 5.09. The lowest BCUT2D eigenvalue weighted by Crippen LogP contribution is -1.87. The van der Waals surface area contributed by atoms with E-state index in [1.165, 1.54) is 108 Å². The summed E-state index contributed by atoms with van der Waals surface area (Å²) >= 11 is 0. The quantitative estimate of drug-likeness (QED) is 0.211. The highest BCUT2D eigenvalue weighted by atomic mass is 14.6. The van der Waals surface area contributed by atoms with E-state index in [0.29, 0.717) is 0 Å². The number of aromatic nitrogens is 1. The SMILES string of the molecule is C=CCCCCCCCCCCCCCCCCc1ccncc1. The van der Waals surface area contributed by atoms with Crippen LogP contribution in [0.5, 0.6) is 0 Å². The Morgan fingerprint density at radius 2 is 1.04 bits per heavy atom. The van der Waals surface area contributed by atoms with Crippen molar-refractivity contribution < 1.29 is 0 Å². The largest absolute Gasteiger partial charge is 0.265 e. The van der Waals surface area contributed by atoms with Gasteiger partial charge in [0.05, 0.1) is 0 Å². The van der Waals surface area contributed by atoms with Crippen LogP contribution in [0.1, 0.15) is 102 Å². The number of aryl methyl sites for hydroxylation is 1. The van der Waals surface area contributed by atoms with Gasteiger partial charge in [0.1, 0.15) is 0 Å². The average molecular weight is 330 g/mol. The molecule has 0 aliphatic heterocycles. The van der Waals surface area contributed by atoms with E-state index in [1.54, 1.807) is 0 Å². The minimum absolute atomic E-state index is 1.20. The molecule has 0 bridgehead atoms. The number of hydrogen-bond donors (Lipinski definition) is 0. The van der Waals surface area contributed by atoms with Gasteiger partial charge in [0.15, 0.2) is 0 Å². The number of allylic oxidation sites excluding steroid dienone is 1. The van der Waals surface area contributed by atoms with Crippen molar-refractivity contribution in [1.29, 1.82) is 0 Å². The van der Waals surface area contributed by atoms with Crippen molar-refractivity contribution in [2.75, 3.05) is 0 Å². The van der Waals surface area contributed by atoms with Gasteiger partial charge in [0.25, 0.3) is 0 Å². The zero-order chi connectivity index (χ0) is 17.1. The highest BCUT2D eigenvalue weighted by Crippen LogP contribution is 2.14. The molecule has 0 unspecified atom stereocenters. The number of hydrogen-bond acceptors (Lipinski definition) is 1. The van der Waals surface area contributed by atoms with E-state index in [2.05, 4.69) is 23.7 Å². The van der Waals surface area contributed by atoms with Gasteiger partial charge >= 0.3 is 0 Å². The van der Waals surface area contributed by atoms with Crippen LogP contribution in [0.2, 0.25) is 0 Å². The Morgan fingerprint density at radius 3 is 1.50 bits per heavy atom. The van der Waals surface area contributed by atoms with Crippen molar-refractivity contribution in [3.8, 4) is 0 Å². The fourth-order valence-electron chi connectivity index (χ4n) is 3.29. The number of unbranched alkanes of at least 4 members (excludes halogenated alkanes) is 14. The first-order valence-electron chi connectivity index (χ1n) is 10.4. The molecule has 0 aliphatic carbocycles. The van der Waals surface area contributed by atoms with Gasteiger partial charge in [-0.15, -0.1) is 6.58 Å². The molecule has 136 valence electrons. The summed E-state index contributed by atoms with van der Waals surface area (Å²) < 4.78 is 0. The molecule has 1 rings (SSSR count). The molecule has 0 spiro atoms. The maximum atomic E-state index is 4.07. The lowest BCUT2D eigenvalue weighted by molar-refractivity contribution is 0.533. The van der Waals surface area contributed by atoms with Gasteiger partial charge in [-0.2, -0.15) is 0 Å². The second-order valence-corrected chi connectivity index (χ2v) is 7.13. The van der Waals surface area contributed by atoms with Crippen molar-refractivity contribution >= 4 is 0 Å². The van der Waals surface area contributed by atoms with Gasteiger partial charge in [-0.3, -0.25) is 4.98 Å². The Labute approximate surface area is 151 Å². The maximum Gasteiger partial charge on any atom is 0.0270 e. The summed E-state index contributed by atoms with van der Waals surface area (Å²) in [7, 11) is 0. The summed E-state index contributed by atoms with van der Waals surface area (Å²) in [6.07, 6.45) is 28.1. The molecule has 1 nitrogen and oxygen atoms in total. The molecule has 0 aliphatic rings. The molecule has 1 aromatic rings. The van der Waals surface area contributed by atoms with E-state index in [9.17, 15) is 0 Å². The lowest BCUT2D eigenvalue weighted by atomic mass is 10.0. The molecule has 0 aromatic carbocycles. The first kappa shape index (κ1) is 20.9. The fourth-order valence-corrected chi connectivity index (χ4v) is 3.29. The molecule has 0 amide bonds. The standard InChI is InChI=1S/C23H39N/c1-2-3-4-5-6-7-8-9-10-11-12-13-14-15-16-17-18-23-19-21-24-22-20-23/h2,19-22H,1,3-18H2. The Kier molecular flexibility index (Phi) is 14.6. The molecule has 0 saturated heterocycles. The van der Waals surface area contributed by atoms with Crippen LogP contribution >= 0.6 is 0 Å². The summed E-state index contributed by atoms with van der Waals surface area (Å²) in [6, 6.07) is 4.28. The summed E-state index contributed by atoms with van der Waals surface area (Å²) in [5.74, 6) is 0. The van der Waals surface area contributed by atoms with E-state index in [-0.39, 0.29) is 0 Å². The van der Waals surface area contributed by atoms with Crippen molar-refractivity contribution in [2.45, 2.75) is 103 Å². The molecule has 24 heavy (non-hydrogen) atoms. The third-order valence-corrected chi connectivity index (χ3v) is 4.87. The van der Waals surface area contributed by atoms with Gasteiger partial charge in [0.2, 0.25) is 0 Å². The van der Waals surface area contributed by atoms with Gasteiger partial charge in [-0.25, -0.2) is 0 Å². The highest BCUT2D eigenvalue weighted by Gasteiger charge is 1.95. The number of rotatable bonds is 17. The molecule has 0 saturated carbocycles. The van der Waals surface area contributed by atoms with Crippen LogP contribution in [0.4, 0.5) is 0 Å². The molecule has 0 atom stereocenters. The molecule has 1 heterocycles. The van der Waals surface area contributed by atoms with E-state index in [0.717, 1.165) is 0 Å². The summed E-state index contributed by atoms with van der Waals surface area (Å²) in [4.78, 5) is 4.07. The number of pyridine rings is 1. The third-order valence-electron chi connectivity index (χ3n) is 4.87. The monoisotopic (exact) mass is 329 g/mol. The van der Waals surface area contributed by atoms with E-state index in [1.807, 2.05) is 18.5 Å². The van der Waals surface area contributed by atoms with Crippen molar-refractivity contribution in [3.05, 3.63) is 42.7 Å². The molecular formula is C23H39N. The Hall–Kier alpha value is -1.11. The van der Waals surface area contributed by atoms with Crippen LogP contribution in [-0.2, 0) is 6.42 Å². The molecule has 0 radical (unpaired) electrons. The van der Waals surface area contributed by atoms with Crippen molar-refractivity contribution in [2.24, 2.45) is 0 Å². The molecule has 1 heteroatoms. The van der Waals surface area contributed by atoms with Crippen LogP contribution in [0.3, 0.4) is 0 Å². The summed E-state index contributed by atoms with van der Waals surface area (Å²) in [5.41, 5.74) is 1.44. The first-order valence-corrected chi connectivity index (χ1v) is 10.4. The molecule has 1 aromatic heterocycles. The zero-order valence-electron chi connectivity index (χ0n) is 15.9. The van der Waals surface area contributed by atoms with Gasteiger partial charge < -0.3 is 0 Å². The Bertz CT molecular complexity index is 371. The summed E-state index contributed by atoms with van der Waals surface area (Å²) in [5, 5.41) is 0. The number of nitrogens with zero attached hydrogens (tertiary/aromatic N) is 1. The second-order valence-electron chi connectivity index (χ2n) is 7.13. The minimum Gasteiger partial charge on any atom is -0.265 e. The van der Waals surface area contributed by atoms with Crippen LogP contribution in [0, 0.1) is 0 Å². The predicted octanol–water partition coefficient (Wildman–Crippen LogP) is 7.66. The van der Waals surface area contributed by atoms with Crippen molar-refractivity contribution in [1.82, 2.24) is 4.98 Å². The maximum absolute atomic E-state index is 4.07. The average Bonchev–Trinajstić information content (AvgIpc) is 2.62. The van der Waals surface area contributed by atoms with Crippen LogP contribution in [0.15, 0.2) is 37.2 Å². The Morgan fingerprint density at radius 1 is 0.625 bits per heavy atom. The fraction of sp³-hybridized carbons (Fsp3) is 0.696. The normalized spacial score (nSPS) is 10.8. The van der Waals surface area contributed by atoms with E-state index in [4.69, 9.17) is 0 Å². The molecule has 0 fully saturated rings. The predicted molar refractivity (Wildman–Crippen MR) is 107 cm³/mol. The minimum atomic E-state index is 1.20. The molecule has 0 N–H and O–H groups in total. The first-order chi connectivity index (χ1) is 11.9. The third kappa shape index (κ3) is 13.3. The summed E-state index contributed by atoms with van der Waals surface area (Å²) in [6.45, 7) is 3.77. The van der Waals surface area contributed by atoms with E-state index >= 15 is 0 Å². The van der Waals surface area contributed by atoms with Gasteiger partial charge in [0, 0.05) is 12.4 Å². The second kappa shape index (κ2) is 16.7.